The first-order valence-corrected chi connectivity index (χ1v) is 8.22. The van der Waals surface area contributed by atoms with Gasteiger partial charge >= 0.3 is 5.97 Å². The molecule has 5 nitrogen and oxygen atoms in total. The topological polar surface area (TPSA) is 72.8 Å². The van der Waals surface area contributed by atoms with Crippen LogP contribution in [0.1, 0.15) is 22.8 Å². The number of rotatable bonds is 6. The molecule has 7 heteroatoms. The largest absolute Gasteiger partial charge is 0.733 e. The van der Waals surface area contributed by atoms with Crippen LogP contribution in [0, 0.1) is 5.21 Å². The highest BCUT2D eigenvalue weighted by Gasteiger charge is 2.11. The van der Waals surface area contributed by atoms with Crippen molar-refractivity contribution in [1.82, 2.24) is 0 Å². The third kappa shape index (κ3) is 4.87. The van der Waals surface area contributed by atoms with Crippen molar-refractivity contribution in [1.29, 1.82) is 0 Å². The van der Waals surface area contributed by atoms with Gasteiger partial charge in [0.1, 0.15) is 0 Å². The summed E-state index contributed by atoms with van der Waals surface area (Å²) in [6, 6.07) is 11.8. The Hall–Kier alpha value is -1.73. The lowest BCUT2D eigenvalue weighted by atomic mass is 10.1. The Labute approximate surface area is 143 Å². The Morgan fingerprint density at radius 3 is 2.61 bits per heavy atom. The van der Waals surface area contributed by atoms with Crippen LogP contribution in [0.15, 0.2) is 47.4 Å². The van der Waals surface area contributed by atoms with E-state index in [0.717, 1.165) is 4.90 Å². The smallest absolute Gasteiger partial charge is 0.338 e. The van der Waals surface area contributed by atoms with E-state index in [-0.39, 0.29) is 23.1 Å². The number of carbonyl (C=O) groups excluding carboxylic acids is 1. The zero-order chi connectivity index (χ0) is 16.8. The average Bonchev–Trinajstić information content (AvgIpc) is 2.54. The summed E-state index contributed by atoms with van der Waals surface area (Å²) in [6.07, 6.45) is 0. The van der Waals surface area contributed by atoms with Crippen LogP contribution in [-0.4, -0.2) is 17.8 Å². The van der Waals surface area contributed by atoms with Gasteiger partial charge in [0.2, 0.25) is 0 Å². The van der Waals surface area contributed by atoms with Crippen LogP contribution < -0.4 is 5.23 Å². The van der Waals surface area contributed by atoms with E-state index in [4.69, 9.17) is 16.3 Å². The molecular formula is C16H15ClNO4S-. The zero-order valence-corrected chi connectivity index (χ0v) is 13.9. The van der Waals surface area contributed by atoms with E-state index in [0.29, 0.717) is 16.3 Å². The molecular weight excluding hydrogens is 338 g/mol. The Morgan fingerprint density at radius 2 is 2.00 bits per heavy atom. The van der Waals surface area contributed by atoms with Crippen LogP contribution in [0.3, 0.4) is 0 Å². The number of halogens is 1. The van der Waals surface area contributed by atoms with E-state index in [2.05, 4.69) is 0 Å². The molecule has 2 aromatic carbocycles. The first-order chi connectivity index (χ1) is 11.0. The van der Waals surface area contributed by atoms with Gasteiger partial charge in [-0.25, -0.2) is 4.79 Å². The number of hydrogen-bond donors (Lipinski definition) is 1. The average molecular weight is 353 g/mol. The molecule has 0 aromatic heterocycles. The van der Waals surface area contributed by atoms with Gasteiger partial charge in [-0.05, 0) is 48.9 Å². The number of esters is 1. The van der Waals surface area contributed by atoms with Crippen LogP contribution in [0.2, 0.25) is 5.02 Å². The molecule has 0 spiro atoms. The second kappa shape index (κ2) is 8.21. The van der Waals surface area contributed by atoms with Crippen LogP contribution in [-0.2, 0) is 10.5 Å². The molecule has 0 unspecified atom stereocenters. The minimum atomic E-state index is -0.535. The van der Waals surface area contributed by atoms with Gasteiger partial charge in [0.15, 0.2) is 0 Å². The predicted molar refractivity (Wildman–Crippen MR) is 91.0 cm³/mol. The third-order valence-electron chi connectivity index (χ3n) is 3.01. The van der Waals surface area contributed by atoms with Gasteiger partial charge in [0.05, 0.1) is 17.9 Å². The van der Waals surface area contributed by atoms with E-state index in [1.54, 1.807) is 31.2 Å². The lowest BCUT2D eigenvalue weighted by Crippen LogP contribution is -2.12. The molecule has 0 fully saturated rings. The van der Waals surface area contributed by atoms with E-state index in [9.17, 15) is 15.2 Å². The number of benzene rings is 2. The first kappa shape index (κ1) is 17.6. The summed E-state index contributed by atoms with van der Waals surface area (Å²) in [7, 11) is 0. The molecule has 0 saturated carbocycles. The second-order valence-electron chi connectivity index (χ2n) is 4.58. The minimum absolute atomic E-state index is 0.0250. The van der Waals surface area contributed by atoms with Gasteiger partial charge in [-0.1, -0.05) is 17.7 Å². The normalized spacial score (nSPS) is 10.4. The summed E-state index contributed by atoms with van der Waals surface area (Å²) in [6.45, 7) is 1.93. The van der Waals surface area contributed by atoms with E-state index < -0.39 is 5.97 Å². The van der Waals surface area contributed by atoms with Gasteiger partial charge in [0, 0.05) is 15.7 Å². The summed E-state index contributed by atoms with van der Waals surface area (Å²) in [4.78, 5) is 12.7. The van der Waals surface area contributed by atoms with Crippen molar-refractivity contribution in [2.24, 2.45) is 0 Å². The molecule has 0 atom stereocenters. The summed E-state index contributed by atoms with van der Waals surface area (Å²) in [5.41, 5.74) is 0.851. The van der Waals surface area contributed by atoms with Crippen molar-refractivity contribution in [2.45, 2.75) is 17.6 Å². The Balaban J connectivity index is 2.17. The molecule has 0 heterocycles. The number of anilines is 1. The van der Waals surface area contributed by atoms with Gasteiger partial charge in [-0.15, -0.1) is 11.8 Å². The van der Waals surface area contributed by atoms with E-state index >= 15 is 0 Å². The van der Waals surface area contributed by atoms with Gasteiger partial charge in [-0.3, -0.25) is 5.21 Å². The van der Waals surface area contributed by atoms with Crippen LogP contribution in [0.25, 0.3) is 0 Å². The standard InChI is InChI=1S/C16H15ClNO4S/c1-2-22-16(19)11-3-4-12(15(9-11)18(20)21)10-23-14-7-5-13(17)6-8-14/h3-9,20H,2,10H2,1H3/q-1. The van der Waals surface area contributed by atoms with Crippen LogP contribution in [0.5, 0.6) is 0 Å². The summed E-state index contributed by atoms with van der Waals surface area (Å²) in [5.74, 6) is -0.0770. The van der Waals surface area contributed by atoms with Gasteiger partial charge < -0.3 is 15.2 Å². The molecule has 122 valence electrons. The molecule has 2 rings (SSSR count). The van der Waals surface area contributed by atoms with Crippen molar-refractivity contribution in [3.63, 3.8) is 0 Å². The quantitative estimate of drug-likeness (QED) is 0.468. The SMILES string of the molecule is CCOC(=O)c1ccc(CSc2ccc(Cl)cc2)c(N([O-])O)c1. The third-order valence-corrected chi connectivity index (χ3v) is 4.32. The highest BCUT2D eigenvalue weighted by Crippen LogP contribution is 2.29. The maximum atomic E-state index is 11.7. The summed E-state index contributed by atoms with van der Waals surface area (Å²) >= 11 is 7.32. The highest BCUT2D eigenvalue weighted by atomic mass is 35.5. The molecule has 0 aliphatic carbocycles. The molecule has 0 bridgehead atoms. The molecule has 0 aliphatic heterocycles. The monoisotopic (exact) mass is 352 g/mol. The minimum Gasteiger partial charge on any atom is -0.733 e. The summed E-state index contributed by atoms with van der Waals surface area (Å²) in [5, 5.41) is 21.0. The maximum absolute atomic E-state index is 11.7. The fraction of sp³-hybridized carbons (Fsp3) is 0.188. The van der Waals surface area contributed by atoms with E-state index in [1.165, 1.54) is 17.8 Å². The first-order valence-electron chi connectivity index (χ1n) is 6.85. The number of hydrogen-bond acceptors (Lipinski definition) is 6. The maximum Gasteiger partial charge on any atom is 0.338 e. The van der Waals surface area contributed by atoms with Gasteiger partial charge in [0.25, 0.3) is 0 Å². The van der Waals surface area contributed by atoms with Crippen LogP contribution in [0.4, 0.5) is 5.69 Å². The van der Waals surface area contributed by atoms with Crippen molar-refractivity contribution >= 4 is 35.0 Å². The van der Waals surface area contributed by atoms with Crippen molar-refractivity contribution in [2.75, 3.05) is 11.8 Å². The molecule has 2 aromatic rings. The predicted octanol–water partition coefficient (Wildman–Crippen LogP) is 4.50. The fourth-order valence-corrected chi connectivity index (χ4v) is 2.92. The molecule has 23 heavy (non-hydrogen) atoms. The fourth-order valence-electron chi connectivity index (χ4n) is 1.90. The van der Waals surface area contributed by atoms with Crippen molar-refractivity contribution in [3.8, 4) is 0 Å². The Kier molecular flexibility index (Phi) is 6.29. The van der Waals surface area contributed by atoms with E-state index in [1.807, 2.05) is 12.1 Å². The van der Waals surface area contributed by atoms with Crippen molar-refractivity contribution in [3.05, 3.63) is 63.8 Å². The number of ether oxygens (including phenoxy) is 1. The second-order valence-corrected chi connectivity index (χ2v) is 6.06. The molecule has 0 radical (unpaired) electrons. The highest BCUT2D eigenvalue weighted by molar-refractivity contribution is 7.98. The van der Waals surface area contributed by atoms with Gasteiger partial charge in [-0.2, -0.15) is 0 Å². The molecule has 0 aliphatic rings. The molecule has 1 N–H and O–H groups in total. The number of carbonyl (C=O) groups is 1. The Bertz CT molecular complexity index is 676. The number of nitrogens with zero attached hydrogens (tertiary/aromatic N) is 1. The molecule has 0 amide bonds. The lowest BCUT2D eigenvalue weighted by Gasteiger charge is -2.25. The Morgan fingerprint density at radius 1 is 1.30 bits per heavy atom. The molecule has 0 saturated heterocycles. The zero-order valence-electron chi connectivity index (χ0n) is 12.4. The summed E-state index contributed by atoms with van der Waals surface area (Å²) < 4.78 is 4.88. The van der Waals surface area contributed by atoms with Crippen molar-refractivity contribution < 1.29 is 14.7 Å². The lowest BCUT2D eigenvalue weighted by molar-refractivity contribution is 0.0526. The number of thioether (sulfide) groups is 1. The van der Waals surface area contributed by atoms with Crippen LogP contribution >= 0.6 is 23.4 Å².